The lowest BCUT2D eigenvalue weighted by atomic mass is 9.99. The smallest absolute Gasteiger partial charge is 0.332 e. The van der Waals surface area contributed by atoms with E-state index >= 15 is 0 Å². The molecule has 86 valence electrons. The van der Waals surface area contributed by atoms with Gasteiger partial charge in [0, 0.05) is 19.6 Å². The van der Waals surface area contributed by atoms with Gasteiger partial charge in [0.1, 0.15) is 0 Å². The van der Waals surface area contributed by atoms with Crippen LogP contribution in [-0.4, -0.2) is 42.4 Å². The number of carbonyl (C=O) groups is 2. The van der Waals surface area contributed by atoms with Crippen LogP contribution in [-0.2, 0) is 9.53 Å². The first kappa shape index (κ1) is 11.8. The second-order valence-corrected chi connectivity index (χ2v) is 3.57. The van der Waals surface area contributed by atoms with E-state index in [4.69, 9.17) is 9.84 Å². The number of rotatable bonds is 4. The molecule has 15 heavy (non-hydrogen) atoms. The summed E-state index contributed by atoms with van der Waals surface area (Å²) in [4.78, 5) is 22.3. The largest absolute Gasteiger partial charge is 0.479 e. The Hall–Kier alpha value is -1.30. The fourth-order valence-electron chi connectivity index (χ4n) is 1.39. The molecule has 1 heterocycles. The maximum absolute atomic E-state index is 11.3. The number of nitrogens with one attached hydrogen (secondary N) is 2. The summed E-state index contributed by atoms with van der Waals surface area (Å²) in [6.07, 6.45) is 1.12. The monoisotopic (exact) mass is 216 g/mol. The Kier molecular flexibility index (Phi) is 3.90. The van der Waals surface area contributed by atoms with Gasteiger partial charge in [-0.2, -0.15) is 0 Å². The van der Waals surface area contributed by atoms with E-state index in [-0.39, 0.29) is 6.61 Å². The Labute approximate surface area is 88.0 Å². The first-order chi connectivity index (χ1) is 7.10. The van der Waals surface area contributed by atoms with Crippen molar-refractivity contribution in [2.24, 2.45) is 0 Å². The molecule has 6 heteroatoms. The molecule has 1 rings (SSSR count). The van der Waals surface area contributed by atoms with Crippen LogP contribution >= 0.6 is 0 Å². The molecule has 0 spiro atoms. The van der Waals surface area contributed by atoms with Gasteiger partial charge >= 0.3 is 12.0 Å². The summed E-state index contributed by atoms with van der Waals surface area (Å²) in [6, 6.07) is -0.454. The maximum Gasteiger partial charge on any atom is 0.332 e. The highest BCUT2D eigenvalue weighted by atomic mass is 16.5. The van der Waals surface area contributed by atoms with Crippen molar-refractivity contribution in [1.29, 1.82) is 0 Å². The van der Waals surface area contributed by atoms with Crippen LogP contribution in [0.15, 0.2) is 0 Å². The van der Waals surface area contributed by atoms with Crippen molar-refractivity contribution in [3.05, 3.63) is 0 Å². The van der Waals surface area contributed by atoms with Gasteiger partial charge in [0.2, 0.25) is 0 Å². The lowest BCUT2D eigenvalue weighted by Crippen LogP contribution is -2.57. The van der Waals surface area contributed by atoms with Gasteiger partial charge < -0.3 is 20.5 Å². The molecular weight excluding hydrogens is 200 g/mol. The minimum atomic E-state index is -1.25. The van der Waals surface area contributed by atoms with Gasteiger partial charge in [-0.25, -0.2) is 9.59 Å². The first-order valence-corrected chi connectivity index (χ1v) is 4.98. The van der Waals surface area contributed by atoms with Crippen molar-refractivity contribution in [3.63, 3.8) is 0 Å². The van der Waals surface area contributed by atoms with Gasteiger partial charge in [0.15, 0.2) is 5.54 Å². The van der Waals surface area contributed by atoms with Crippen molar-refractivity contribution in [2.45, 2.75) is 25.3 Å². The van der Waals surface area contributed by atoms with E-state index in [1.807, 2.05) is 6.92 Å². The summed E-state index contributed by atoms with van der Waals surface area (Å²) < 4.78 is 5.00. The number of urea groups is 1. The number of hydrogen-bond donors (Lipinski definition) is 3. The zero-order valence-electron chi connectivity index (χ0n) is 8.71. The molecule has 0 aliphatic carbocycles. The van der Waals surface area contributed by atoms with E-state index in [2.05, 4.69) is 10.6 Å². The van der Waals surface area contributed by atoms with Gasteiger partial charge in [-0.15, -0.1) is 0 Å². The number of aliphatic carboxylic acids is 1. The molecule has 0 radical (unpaired) electrons. The predicted octanol–water partition coefficient (Wildman–Crippen LogP) is -0.0607. The van der Waals surface area contributed by atoms with Crippen LogP contribution in [0, 0.1) is 0 Å². The molecule has 1 unspecified atom stereocenters. The van der Waals surface area contributed by atoms with Crippen molar-refractivity contribution in [3.8, 4) is 0 Å². The molecule has 0 aromatic carbocycles. The standard InChI is InChI=1S/C9H16N2O4/c1-2-4-10-8(14)11-9(7(12)13)3-5-15-6-9/h2-6H2,1H3,(H,12,13)(H2,10,11,14). The van der Waals surface area contributed by atoms with Crippen LogP contribution in [0.1, 0.15) is 19.8 Å². The fourth-order valence-corrected chi connectivity index (χ4v) is 1.39. The van der Waals surface area contributed by atoms with Crippen molar-refractivity contribution in [1.82, 2.24) is 10.6 Å². The summed E-state index contributed by atoms with van der Waals surface area (Å²) in [5.74, 6) is -1.05. The van der Waals surface area contributed by atoms with Gasteiger partial charge in [-0.1, -0.05) is 6.92 Å². The highest BCUT2D eigenvalue weighted by Gasteiger charge is 2.43. The fraction of sp³-hybridized carbons (Fsp3) is 0.778. The zero-order valence-corrected chi connectivity index (χ0v) is 8.71. The van der Waals surface area contributed by atoms with Gasteiger partial charge in [-0.05, 0) is 6.42 Å². The third kappa shape index (κ3) is 2.82. The number of carboxylic acid groups (broad SMARTS) is 1. The molecular formula is C9H16N2O4. The second kappa shape index (κ2) is 4.97. The molecule has 1 atom stereocenters. The minimum absolute atomic E-state index is 0.0296. The van der Waals surface area contributed by atoms with Crippen LogP contribution in [0.5, 0.6) is 0 Å². The lowest BCUT2D eigenvalue weighted by molar-refractivity contribution is -0.144. The summed E-state index contributed by atoms with van der Waals surface area (Å²) in [5, 5.41) is 14.0. The van der Waals surface area contributed by atoms with Gasteiger partial charge in [0.25, 0.3) is 0 Å². The molecule has 3 N–H and O–H groups in total. The maximum atomic E-state index is 11.3. The molecule has 1 fully saturated rings. The molecule has 1 aliphatic heterocycles. The number of amides is 2. The van der Waals surface area contributed by atoms with E-state index in [1.54, 1.807) is 0 Å². The topological polar surface area (TPSA) is 87.7 Å². The van der Waals surface area contributed by atoms with Crippen LogP contribution in [0.3, 0.4) is 0 Å². The average molecular weight is 216 g/mol. The third-order valence-electron chi connectivity index (χ3n) is 2.32. The van der Waals surface area contributed by atoms with Gasteiger partial charge in [-0.3, -0.25) is 0 Å². The van der Waals surface area contributed by atoms with Gasteiger partial charge in [0.05, 0.1) is 6.61 Å². The van der Waals surface area contributed by atoms with Crippen LogP contribution < -0.4 is 10.6 Å². The Balaban J connectivity index is 2.52. The Morgan fingerprint density at radius 1 is 1.53 bits per heavy atom. The van der Waals surface area contributed by atoms with E-state index < -0.39 is 17.5 Å². The molecule has 2 amide bonds. The van der Waals surface area contributed by atoms with Crippen LogP contribution in [0.2, 0.25) is 0 Å². The molecule has 0 aromatic rings. The number of carbonyl (C=O) groups excluding carboxylic acids is 1. The summed E-state index contributed by atoms with van der Waals surface area (Å²) >= 11 is 0. The van der Waals surface area contributed by atoms with Crippen molar-refractivity contribution in [2.75, 3.05) is 19.8 Å². The lowest BCUT2D eigenvalue weighted by Gasteiger charge is -2.23. The van der Waals surface area contributed by atoms with Crippen LogP contribution in [0.4, 0.5) is 4.79 Å². The third-order valence-corrected chi connectivity index (χ3v) is 2.32. The summed E-state index contributed by atoms with van der Waals surface area (Å²) in [7, 11) is 0. The highest BCUT2D eigenvalue weighted by Crippen LogP contribution is 2.18. The number of carboxylic acids is 1. The van der Waals surface area contributed by atoms with E-state index in [9.17, 15) is 9.59 Å². The molecule has 6 nitrogen and oxygen atoms in total. The Morgan fingerprint density at radius 2 is 2.27 bits per heavy atom. The van der Waals surface area contributed by atoms with Crippen molar-refractivity contribution < 1.29 is 19.4 Å². The summed E-state index contributed by atoms with van der Waals surface area (Å²) in [5.41, 5.74) is -1.25. The highest BCUT2D eigenvalue weighted by molar-refractivity contribution is 5.86. The number of hydrogen-bond acceptors (Lipinski definition) is 3. The Morgan fingerprint density at radius 3 is 2.73 bits per heavy atom. The van der Waals surface area contributed by atoms with E-state index in [0.717, 1.165) is 6.42 Å². The van der Waals surface area contributed by atoms with Crippen molar-refractivity contribution >= 4 is 12.0 Å². The molecule has 1 aliphatic rings. The zero-order chi connectivity index (χ0) is 11.3. The Bertz CT molecular complexity index is 248. The minimum Gasteiger partial charge on any atom is -0.479 e. The quantitative estimate of drug-likeness (QED) is 0.614. The second-order valence-electron chi connectivity index (χ2n) is 3.57. The van der Waals surface area contributed by atoms with E-state index in [1.165, 1.54) is 0 Å². The molecule has 0 saturated carbocycles. The summed E-state index contributed by atoms with van der Waals surface area (Å²) in [6.45, 7) is 2.84. The van der Waals surface area contributed by atoms with E-state index in [0.29, 0.717) is 19.6 Å². The SMILES string of the molecule is CCCNC(=O)NC1(C(=O)O)CCOC1. The first-order valence-electron chi connectivity index (χ1n) is 4.98. The number of ether oxygens (including phenoxy) is 1. The van der Waals surface area contributed by atoms with Crippen LogP contribution in [0.25, 0.3) is 0 Å². The average Bonchev–Trinajstić information content (AvgIpc) is 2.64. The predicted molar refractivity (Wildman–Crippen MR) is 52.6 cm³/mol. The normalized spacial score (nSPS) is 24.9. The molecule has 1 saturated heterocycles. The molecule has 0 aromatic heterocycles. The molecule has 0 bridgehead atoms.